The Morgan fingerprint density at radius 3 is 2.77 bits per heavy atom. The maximum Gasteiger partial charge on any atom is 0.234 e. The molecule has 0 aromatic heterocycles. The van der Waals surface area contributed by atoms with Gasteiger partial charge in [-0.05, 0) is 19.1 Å². The lowest BCUT2D eigenvalue weighted by molar-refractivity contribution is -0.118. The maximum absolute atomic E-state index is 11.5. The average molecular weight is 177 g/mol. The van der Waals surface area contributed by atoms with E-state index in [0.29, 0.717) is 0 Å². The van der Waals surface area contributed by atoms with Crippen LogP contribution in [0.1, 0.15) is 18.4 Å². The number of benzene rings is 1. The molecule has 1 aliphatic heterocycles. The van der Waals surface area contributed by atoms with E-state index in [4.69, 9.17) is 0 Å². The van der Waals surface area contributed by atoms with Crippen LogP contribution in [0.5, 0.6) is 5.75 Å². The number of nitrogens with zero attached hydrogens (tertiary/aromatic N) is 1. The molecular formula is C10H11NO2. The molecule has 0 radical (unpaired) electrons. The fourth-order valence-electron chi connectivity index (χ4n) is 1.81. The van der Waals surface area contributed by atoms with Crippen LogP contribution in [0, 0.1) is 0 Å². The van der Waals surface area contributed by atoms with Crippen molar-refractivity contribution < 1.29 is 9.90 Å². The van der Waals surface area contributed by atoms with E-state index < -0.39 is 0 Å². The summed E-state index contributed by atoms with van der Waals surface area (Å²) in [4.78, 5) is 13.1. The largest absolute Gasteiger partial charge is 0.508 e. The molecule has 1 N–H and O–H groups in total. The maximum atomic E-state index is 11.5. The van der Waals surface area contributed by atoms with Crippen molar-refractivity contribution in [2.45, 2.75) is 12.8 Å². The molecule has 0 bridgehead atoms. The van der Waals surface area contributed by atoms with Crippen molar-refractivity contribution in [2.24, 2.45) is 0 Å². The third-order valence-corrected chi connectivity index (χ3v) is 2.56. The van der Waals surface area contributed by atoms with Crippen LogP contribution in [0.3, 0.4) is 0 Å². The number of amides is 1. The van der Waals surface area contributed by atoms with E-state index in [1.54, 1.807) is 24.1 Å². The van der Waals surface area contributed by atoms with Gasteiger partial charge in [0.2, 0.25) is 5.91 Å². The Morgan fingerprint density at radius 1 is 1.46 bits per heavy atom. The number of carbonyl (C=O) groups is 1. The van der Waals surface area contributed by atoms with Crippen molar-refractivity contribution in [1.82, 2.24) is 0 Å². The Kier molecular flexibility index (Phi) is 1.55. The number of phenols is 1. The monoisotopic (exact) mass is 177 g/mol. The molecule has 1 amide bonds. The molecule has 0 fully saturated rings. The molecule has 0 spiro atoms. The summed E-state index contributed by atoms with van der Waals surface area (Å²) in [7, 11) is 1.73. The minimum atomic E-state index is -0.221. The summed E-state index contributed by atoms with van der Waals surface area (Å²) in [5.41, 5.74) is 1.56. The van der Waals surface area contributed by atoms with Crippen molar-refractivity contribution >= 4 is 11.6 Å². The van der Waals surface area contributed by atoms with Crippen LogP contribution in [0.4, 0.5) is 5.69 Å². The predicted molar refractivity (Wildman–Crippen MR) is 49.9 cm³/mol. The number of aromatic hydroxyl groups is 1. The van der Waals surface area contributed by atoms with E-state index in [-0.39, 0.29) is 17.6 Å². The highest BCUT2D eigenvalue weighted by atomic mass is 16.3. The molecule has 1 heterocycles. The molecule has 1 aliphatic rings. The number of hydrogen-bond acceptors (Lipinski definition) is 2. The van der Waals surface area contributed by atoms with Gasteiger partial charge in [-0.3, -0.25) is 4.79 Å². The summed E-state index contributed by atoms with van der Waals surface area (Å²) in [5.74, 6) is 0.0281. The molecule has 0 saturated heterocycles. The van der Waals surface area contributed by atoms with Crippen LogP contribution in [0.25, 0.3) is 0 Å². The Hall–Kier alpha value is -1.51. The van der Waals surface area contributed by atoms with Gasteiger partial charge in [0.1, 0.15) is 5.75 Å². The number of phenolic OH excluding ortho intramolecular Hbond substituents is 1. The van der Waals surface area contributed by atoms with Crippen molar-refractivity contribution in [3.63, 3.8) is 0 Å². The lowest BCUT2D eigenvalue weighted by Gasteiger charge is -2.09. The number of hydrogen-bond donors (Lipinski definition) is 1. The number of likely N-dealkylation sites (N-methyl/N-ethyl adjacent to an activating group) is 1. The molecule has 3 heteroatoms. The summed E-state index contributed by atoms with van der Waals surface area (Å²) in [6, 6.07) is 5.20. The SMILES string of the molecule is CC1C(=O)N(C)c2cccc(O)c21. The highest BCUT2D eigenvalue weighted by Crippen LogP contribution is 2.41. The molecule has 1 aromatic carbocycles. The van der Waals surface area contributed by atoms with Crippen LogP contribution < -0.4 is 4.90 Å². The Balaban J connectivity index is 2.66. The second-order valence-corrected chi connectivity index (χ2v) is 3.33. The number of rotatable bonds is 0. The average Bonchev–Trinajstić information content (AvgIpc) is 2.33. The van der Waals surface area contributed by atoms with E-state index >= 15 is 0 Å². The third-order valence-electron chi connectivity index (χ3n) is 2.56. The standard InChI is InChI=1S/C10H11NO2/c1-6-9-7(11(2)10(6)13)4-3-5-8(9)12/h3-6,12H,1-2H3. The van der Waals surface area contributed by atoms with Crippen LogP contribution in [0.2, 0.25) is 0 Å². The van der Waals surface area contributed by atoms with Crippen molar-refractivity contribution in [2.75, 3.05) is 11.9 Å². The zero-order valence-corrected chi connectivity index (χ0v) is 7.61. The lowest BCUT2D eigenvalue weighted by atomic mass is 10.0. The molecule has 2 rings (SSSR count). The van der Waals surface area contributed by atoms with Crippen LogP contribution >= 0.6 is 0 Å². The van der Waals surface area contributed by atoms with Crippen molar-refractivity contribution in [3.8, 4) is 5.75 Å². The van der Waals surface area contributed by atoms with Gasteiger partial charge in [-0.2, -0.15) is 0 Å². The first-order chi connectivity index (χ1) is 6.13. The molecule has 0 saturated carbocycles. The summed E-state index contributed by atoms with van der Waals surface area (Å²) in [6.07, 6.45) is 0. The quantitative estimate of drug-likeness (QED) is 0.652. The smallest absolute Gasteiger partial charge is 0.234 e. The van der Waals surface area contributed by atoms with Gasteiger partial charge in [-0.1, -0.05) is 6.07 Å². The second kappa shape index (κ2) is 2.49. The molecule has 13 heavy (non-hydrogen) atoms. The van der Waals surface area contributed by atoms with Crippen molar-refractivity contribution in [3.05, 3.63) is 23.8 Å². The minimum Gasteiger partial charge on any atom is -0.508 e. The van der Waals surface area contributed by atoms with Crippen LogP contribution in [-0.2, 0) is 4.79 Å². The molecule has 3 nitrogen and oxygen atoms in total. The lowest BCUT2D eigenvalue weighted by Crippen LogP contribution is -2.22. The van der Waals surface area contributed by atoms with Gasteiger partial charge in [-0.25, -0.2) is 0 Å². The number of anilines is 1. The summed E-state index contributed by atoms with van der Waals surface area (Å²) >= 11 is 0. The summed E-state index contributed by atoms with van der Waals surface area (Å²) in [6.45, 7) is 1.81. The summed E-state index contributed by atoms with van der Waals surface area (Å²) < 4.78 is 0. The molecule has 68 valence electrons. The van der Waals surface area contributed by atoms with Gasteiger partial charge >= 0.3 is 0 Å². The Labute approximate surface area is 76.6 Å². The molecule has 1 unspecified atom stereocenters. The highest BCUT2D eigenvalue weighted by molar-refractivity contribution is 6.05. The Morgan fingerprint density at radius 2 is 2.15 bits per heavy atom. The molecule has 0 aliphatic carbocycles. The van der Waals surface area contributed by atoms with Gasteiger partial charge in [-0.15, -0.1) is 0 Å². The fraction of sp³-hybridized carbons (Fsp3) is 0.300. The van der Waals surface area contributed by atoms with E-state index in [1.165, 1.54) is 0 Å². The first-order valence-electron chi connectivity index (χ1n) is 4.22. The number of fused-ring (bicyclic) bond motifs is 1. The van der Waals surface area contributed by atoms with Crippen molar-refractivity contribution in [1.29, 1.82) is 0 Å². The predicted octanol–water partition coefficient (Wildman–Crippen LogP) is 1.47. The fourth-order valence-corrected chi connectivity index (χ4v) is 1.81. The van der Waals surface area contributed by atoms with Gasteiger partial charge in [0.05, 0.1) is 11.6 Å². The van der Waals surface area contributed by atoms with E-state index in [0.717, 1.165) is 11.3 Å². The molecule has 1 atom stereocenters. The second-order valence-electron chi connectivity index (χ2n) is 3.33. The highest BCUT2D eigenvalue weighted by Gasteiger charge is 2.33. The van der Waals surface area contributed by atoms with E-state index in [2.05, 4.69) is 0 Å². The normalized spacial score (nSPS) is 20.6. The topological polar surface area (TPSA) is 40.5 Å². The van der Waals surface area contributed by atoms with Crippen LogP contribution in [0.15, 0.2) is 18.2 Å². The number of carbonyl (C=O) groups excluding carboxylic acids is 1. The zero-order valence-electron chi connectivity index (χ0n) is 7.61. The molecule has 1 aromatic rings. The third kappa shape index (κ3) is 0.932. The minimum absolute atomic E-state index is 0.0384. The Bertz CT molecular complexity index is 373. The van der Waals surface area contributed by atoms with Gasteiger partial charge in [0.15, 0.2) is 0 Å². The van der Waals surface area contributed by atoms with Crippen LogP contribution in [-0.4, -0.2) is 18.1 Å². The zero-order chi connectivity index (χ0) is 9.59. The van der Waals surface area contributed by atoms with Gasteiger partial charge in [0, 0.05) is 12.6 Å². The van der Waals surface area contributed by atoms with E-state index in [1.807, 2.05) is 13.0 Å². The first-order valence-corrected chi connectivity index (χ1v) is 4.22. The van der Waals surface area contributed by atoms with Gasteiger partial charge < -0.3 is 10.0 Å². The molecular weight excluding hydrogens is 166 g/mol. The van der Waals surface area contributed by atoms with Gasteiger partial charge in [0.25, 0.3) is 0 Å². The first kappa shape index (κ1) is 8.10. The van der Waals surface area contributed by atoms with E-state index in [9.17, 15) is 9.90 Å². The summed E-state index contributed by atoms with van der Waals surface area (Å²) in [5, 5.41) is 9.56.